The summed E-state index contributed by atoms with van der Waals surface area (Å²) >= 11 is 0. The Hall–Kier alpha value is -3.41. The van der Waals surface area contributed by atoms with Gasteiger partial charge in [-0.15, -0.1) is 0 Å². The van der Waals surface area contributed by atoms with Gasteiger partial charge in [-0.3, -0.25) is 14.4 Å². The molecule has 75 heavy (non-hydrogen) atoms. The summed E-state index contributed by atoms with van der Waals surface area (Å²) in [5.41, 5.74) is 0. The van der Waals surface area contributed by atoms with Crippen molar-refractivity contribution in [3.63, 3.8) is 0 Å². The van der Waals surface area contributed by atoms with Crippen LogP contribution in [0.5, 0.6) is 0 Å². The lowest BCUT2D eigenvalue weighted by Crippen LogP contribution is -2.30. The van der Waals surface area contributed by atoms with Crippen LogP contribution in [-0.2, 0) is 28.6 Å². The van der Waals surface area contributed by atoms with Crippen LogP contribution in [0, 0.1) is 0 Å². The standard InChI is InChI=1S/C69H120O6/c1-4-7-10-13-16-19-22-25-28-29-30-31-32-33-34-35-36-37-38-39-40-41-42-45-47-50-53-56-59-62-68(71)74-65-66(75-69(72)63-60-57-54-51-48-44-27-24-21-18-15-12-9-6-3)64-73-67(70)61-58-55-52-49-46-43-26-23-20-17-14-11-8-5-2/h14-15,17-18,22-27,29-30,32-33,66H,4-13,16,19-21,28,31,34-65H2,1-3H3/b17-14-,18-15-,25-22-,26-23-,27-24-,30-29-,33-32-. The van der Waals surface area contributed by atoms with E-state index in [1.807, 2.05) is 0 Å². The molecule has 6 nitrogen and oxygen atoms in total. The Morgan fingerprint density at radius 1 is 0.267 bits per heavy atom. The minimum Gasteiger partial charge on any atom is -0.462 e. The Kier molecular flexibility index (Phi) is 60.3. The van der Waals surface area contributed by atoms with Crippen LogP contribution >= 0.6 is 0 Å². The van der Waals surface area contributed by atoms with E-state index in [1.54, 1.807) is 0 Å². The smallest absolute Gasteiger partial charge is 0.306 e. The summed E-state index contributed by atoms with van der Waals surface area (Å²) in [5.74, 6) is -0.906. The molecule has 0 radical (unpaired) electrons. The van der Waals surface area contributed by atoms with E-state index in [1.165, 1.54) is 161 Å². The van der Waals surface area contributed by atoms with Gasteiger partial charge in [0.1, 0.15) is 13.2 Å². The van der Waals surface area contributed by atoms with Crippen molar-refractivity contribution in [3.05, 3.63) is 85.1 Å². The number of unbranched alkanes of at least 4 members (excludes halogenated alkanes) is 33. The predicted octanol–water partition coefficient (Wildman–Crippen LogP) is 21.9. The van der Waals surface area contributed by atoms with Crippen LogP contribution < -0.4 is 0 Å². The largest absolute Gasteiger partial charge is 0.462 e. The van der Waals surface area contributed by atoms with Crippen molar-refractivity contribution >= 4 is 17.9 Å². The van der Waals surface area contributed by atoms with Gasteiger partial charge in [-0.25, -0.2) is 0 Å². The number of esters is 3. The van der Waals surface area contributed by atoms with Crippen LogP contribution in [-0.4, -0.2) is 37.2 Å². The summed E-state index contributed by atoms with van der Waals surface area (Å²) < 4.78 is 16.9. The van der Waals surface area contributed by atoms with Crippen molar-refractivity contribution < 1.29 is 28.6 Å². The summed E-state index contributed by atoms with van der Waals surface area (Å²) in [6.07, 6.45) is 83.1. The molecule has 0 rings (SSSR count). The summed E-state index contributed by atoms with van der Waals surface area (Å²) in [6, 6.07) is 0. The lowest BCUT2D eigenvalue weighted by molar-refractivity contribution is -0.167. The predicted molar refractivity (Wildman–Crippen MR) is 325 cm³/mol. The fourth-order valence-corrected chi connectivity index (χ4v) is 8.95. The normalized spacial score (nSPS) is 12.6. The highest BCUT2D eigenvalue weighted by Crippen LogP contribution is 2.16. The third kappa shape index (κ3) is 61.3. The first kappa shape index (κ1) is 71.6. The molecule has 0 aliphatic carbocycles. The number of rotatable bonds is 58. The Morgan fingerprint density at radius 2 is 0.493 bits per heavy atom. The maximum Gasteiger partial charge on any atom is 0.306 e. The van der Waals surface area contributed by atoms with E-state index in [0.717, 1.165) is 116 Å². The highest BCUT2D eigenvalue weighted by Gasteiger charge is 2.19. The Balaban J connectivity index is 4.23. The zero-order valence-electron chi connectivity index (χ0n) is 49.6. The second kappa shape index (κ2) is 63.1. The third-order valence-corrected chi connectivity index (χ3v) is 13.8. The maximum absolute atomic E-state index is 12.9. The number of ether oxygens (including phenoxy) is 3. The van der Waals surface area contributed by atoms with E-state index in [0.29, 0.717) is 19.3 Å². The first-order valence-corrected chi connectivity index (χ1v) is 32.1. The van der Waals surface area contributed by atoms with Crippen LogP contribution in [0.25, 0.3) is 0 Å². The van der Waals surface area contributed by atoms with Crippen molar-refractivity contribution in [1.29, 1.82) is 0 Å². The molecule has 0 saturated heterocycles. The second-order valence-electron chi connectivity index (χ2n) is 21.3. The van der Waals surface area contributed by atoms with Gasteiger partial charge in [-0.1, -0.05) is 273 Å². The fourth-order valence-electron chi connectivity index (χ4n) is 8.95. The van der Waals surface area contributed by atoms with E-state index in [-0.39, 0.29) is 31.1 Å². The molecule has 1 unspecified atom stereocenters. The molecule has 6 heteroatoms. The van der Waals surface area contributed by atoms with E-state index in [4.69, 9.17) is 14.2 Å². The summed E-state index contributed by atoms with van der Waals surface area (Å²) in [7, 11) is 0. The molecule has 0 N–H and O–H groups in total. The zero-order chi connectivity index (χ0) is 54.3. The Morgan fingerprint density at radius 3 is 0.787 bits per heavy atom. The molecule has 0 aliphatic heterocycles. The van der Waals surface area contributed by atoms with Crippen molar-refractivity contribution in [3.8, 4) is 0 Å². The van der Waals surface area contributed by atoms with Crippen molar-refractivity contribution in [1.82, 2.24) is 0 Å². The monoisotopic (exact) mass is 1040 g/mol. The molecule has 0 spiro atoms. The van der Waals surface area contributed by atoms with Gasteiger partial charge in [0.15, 0.2) is 6.10 Å². The average Bonchev–Trinajstić information content (AvgIpc) is 3.41. The first-order chi connectivity index (χ1) is 37.0. The third-order valence-electron chi connectivity index (χ3n) is 13.8. The van der Waals surface area contributed by atoms with Crippen LogP contribution in [0.15, 0.2) is 85.1 Å². The van der Waals surface area contributed by atoms with Crippen LogP contribution in [0.2, 0.25) is 0 Å². The van der Waals surface area contributed by atoms with E-state index >= 15 is 0 Å². The molecular formula is C69H120O6. The quantitative estimate of drug-likeness (QED) is 0.0261. The molecular weight excluding hydrogens is 925 g/mol. The van der Waals surface area contributed by atoms with Gasteiger partial charge >= 0.3 is 17.9 Å². The van der Waals surface area contributed by atoms with Crippen molar-refractivity contribution in [2.75, 3.05) is 13.2 Å². The summed E-state index contributed by atoms with van der Waals surface area (Å²) in [6.45, 7) is 6.55. The fraction of sp³-hybridized carbons (Fsp3) is 0.754. The topological polar surface area (TPSA) is 78.9 Å². The molecule has 0 heterocycles. The number of hydrogen-bond donors (Lipinski definition) is 0. The van der Waals surface area contributed by atoms with Crippen molar-refractivity contribution in [2.45, 2.75) is 322 Å². The Bertz CT molecular complexity index is 1430. The van der Waals surface area contributed by atoms with E-state index in [9.17, 15) is 14.4 Å². The lowest BCUT2D eigenvalue weighted by atomic mass is 10.0. The number of hydrogen-bond acceptors (Lipinski definition) is 6. The van der Waals surface area contributed by atoms with Gasteiger partial charge in [0.05, 0.1) is 0 Å². The van der Waals surface area contributed by atoms with E-state index < -0.39 is 6.10 Å². The zero-order valence-corrected chi connectivity index (χ0v) is 49.6. The minimum absolute atomic E-state index is 0.0859. The number of carbonyl (C=O) groups is 3. The highest BCUT2D eigenvalue weighted by atomic mass is 16.6. The van der Waals surface area contributed by atoms with Gasteiger partial charge in [0.2, 0.25) is 0 Å². The highest BCUT2D eigenvalue weighted by molar-refractivity contribution is 5.71. The number of carbonyl (C=O) groups excluding carboxylic acids is 3. The van der Waals surface area contributed by atoms with Gasteiger partial charge in [0.25, 0.3) is 0 Å². The van der Waals surface area contributed by atoms with E-state index in [2.05, 4.69) is 106 Å². The molecule has 0 aliphatic rings. The van der Waals surface area contributed by atoms with Crippen LogP contribution in [0.3, 0.4) is 0 Å². The average molecular weight is 1050 g/mol. The van der Waals surface area contributed by atoms with Gasteiger partial charge in [0, 0.05) is 19.3 Å². The molecule has 0 aromatic carbocycles. The summed E-state index contributed by atoms with van der Waals surface area (Å²) in [4.78, 5) is 38.2. The van der Waals surface area contributed by atoms with Gasteiger partial charge in [-0.2, -0.15) is 0 Å². The Labute approximate surface area is 465 Å². The molecule has 432 valence electrons. The van der Waals surface area contributed by atoms with Gasteiger partial charge in [-0.05, 0) is 109 Å². The lowest BCUT2D eigenvalue weighted by Gasteiger charge is -2.18. The van der Waals surface area contributed by atoms with Crippen LogP contribution in [0.4, 0.5) is 0 Å². The maximum atomic E-state index is 12.9. The molecule has 0 fully saturated rings. The van der Waals surface area contributed by atoms with Gasteiger partial charge < -0.3 is 14.2 Å². The van der Waals surface area contributed by atoms with Crippen LogP contribution in [0.1, 0.15) is 316 Å². The first-order valence-electron chi connectivity index (χ1n) is 32.1. The molecule has 0 bridgehead atoms. The molecule has 1 atom stereocenters. The SMILES string of the molecule is CCCC/C=C\C/C=C\CCCCCCCC(=O)OCC(COC(=O)CCCCCCCCCCCCCCCC/C=C\C/C=C\C/C=C\CCCCCCC)OC(=O)CCCCCCC/C=C\C/C=C\CCCC. The molecule has 0 saturated carbocycles. The molecule has 0 aromatic heterocycles. The minimum atomic E-state index is -0.790. The summed E-state index contributed by atoms with van der Waals surface area (Å²) in [5, 5.41) is 0. The molecule has 0 aromatic rings. The number of allylic oxidation sites excluding steroid dienone is 14. The van der Waals surface area contributed by atoms with Crippen molar-refractivity contribution in [2.24, 2.45) is 0 Å². The second-order valence-corrected chi connectivity index (χ2v) is 21.3. The molecule has 0 amide bonds.